The van der Waals surface area contributed by atoms with Gasteiger partial charge in [0.2, 0.25) is 0 Å². The van der Waals surface area contributed by atoms with Gasteiger partial charge in [0, 0.05) is 0 Å². The van der Waals surface area contributed by atoms with E-state index in [1.54, 1.807) is 18.8 Å². The maximum absolute atomic E-state index is 2.35. The molecule has 0 aromatic carbocycles. The van der Waals surface area contributed by atoms with Crippen LogP contribution in [-0.2, 0) is 18.8 Å². The first-order valence-electron chi connectivity index (χ1n) is 2.35. The Morgan fingerprint density at radius 1 is 1.29 bits per heavy atom. The van der Waals surface area contributed by atoms with Gasteiger partial charge in [0.1, 0.15) is 0 Å². The molecular formula is C5H12PW+. The van der Waals surface area contributed by atoms with E-state index in [1.807, 2.05) is 0 Å². The second-order valence-electron chi connectivity index (χ2n) is 2.67. The zero-order chi connectivity index (χ0) is 6.08. The third kappa shape index (κ3) is 3.56. The summed E-state index contributed by atoms with van der Waals surface area (Å²) in [5.41, 5.74) is 0.342. The molecule has 0 amide bonds. The zero-order valence-corrected chi connectivity index (χ0v) is 9.18. The molecule has 0 saturated carbocycles. The van der Waals surface area contributed by atoms with Crippen molar-refractivity contribution in [3.8, 4) is 0 Å². The summed E-state index contributed by atoms with van der Waals surface area (Å²) in [5.74, 6) is 0. The number of rotatable bonds is 0. The van der Waals surface area contributed by atoms with Crippen molar-refractivity contribution in [3.05, 3.63) is 0 Å². The Morgan fingerprint density at radius 2 is 1.43 bits per heavy atom. The van der Waals surface area contributed by atoms with Crippen LogP contribution in [0.15, 0.2) is 0 Å². The number of hydrogen-bond donors (Lipinski definition) is 0. The summed E-state index contributed by atoms with van der Waals surface area (Å²) in [6.45, 7) is 9.29. The van der Waals surface area contributed by atoms with E-state index in [0.717, 1.165) is 0 Å². The molecule has 42 valence electrons. The molecule has 1 atom stereocenters. The van der Waals surface area contributed by atoms with Crippen molar-refractivity contribution in [1.29, 1.82) is 0 Å². The van der Waals surface area contributed by atoms with Gasteiger partial charge in [-0.15, -0.1) is 0 Å². The summed E-state index contributed by atoms with van der Waals surface area (Å²) >= 11 is 1.76. The topological polar surface area (TPSA) is 0 Å². The molecule has 0 aromatic heterocycles. The summed E-state index contributed by atoms with van der Waals surface area (Å²) < 4.78 is 0. The van der Waals surface area contributed by atoms with Gasteiger partial charge in [-0.05, 0) is 0 Å². The second-order valence-corrected chi connectivity index (χ2v) is 10.9. The summed E-state index contributed by atoms with van der Waals surface area (Å²) in [6, 6.07) is 0. The maximum atomic E-state index is 2.35. The first kappa shape index (κ1) is 7.99. The van der Waals surface area contributed by atoms with E-state index < -0.39 is 0 Å². The van der Waals surface area contributed by atoms with Gasteiger partial charge in [0.15, 0.2) is 0 Å². The first-order valence-corrected chi connectivity index (χ1v) is 8.00. The molecule has 0 spiro atoms. The summed E-state index contributed by atoms with van der Waals surface area (Å²) in [5, 5.41) is 0.602. The molecule has 0 fully saturated rings. The van der Waals surface area contributed by atoms with Crippen molar-refractivity contribution >= 4 is 5.56 Å². The molecule has 0 aliphatic carbocycles. The van der Waals surface area contributed by atoms with Crippen molar-refractivity contribution in [3.63, 3.8) is 0 Å². The predicted molar refractivity (Wildman–Crippen MR) is 32.6 cm³/mol. The van der Waals surface area contributed by atoms with Crippen LogP contribution in [0, 0.1) is 0 Å². The Balaban J connectivity index is 3.79. The molecule has 0 bridgehead atoms. The van der Waals surface area contributed by atoms with Crippen LogP contribution in [0.2, 0.25) is 0 Å². The minimum absolute atomic E-state index is 0.342. The van der Waals surface area contributed by atoms with E-state index in [0.29, 0.717) is 10.7 Å². The molecule has 0 N–H and O–H groups in total. The van der Waals surface area contributed by atoms with Crippen LogP contribution >= 0.6 is 5.56 Å². The molecule has 0 aliphatic heterocycles. The Labute approximate surface area is 57.2 Å². The molecule has 1 unspecified atom stereocenters. The molecule has 7 heavy (non-hydrogen) atoms. The van der Waals surface area contributed by atoms with E-state index in [-0.39, 0.29) is 0 Å². The van der Waals surface area contributed by atoms with Gasteiger partial charge in [0.05, 0.1) is 0 Å². The summed E-state index contributed by atoms with van der Waals surface area (Å²) in [6.07, 6.45) is 0. The van der Waals surface area contributed by atoms with Crippen molar-refractivity contribution in [2.24, 2.45) is 0 Å². The van der Waals surface area contributed by atoms with Crippen LogP contribution in [0.3, 0.4) is 0 Å². The van der Waals surface area contributed by atoms with Crippen molar-refractivity contribution < 1.29 is 18.8 Å². The molecule has 0 radical (unpaired) electrons. The average Bonchev–Trinajstić information content (AvgIpc) is 1.31. The fourth-order valence-corrected chi connectivity index (χ4v) is 0. The van der Waals surface area contributed by atoms with Gasteiger partial charge in [0.25, 0.3) is 0 Å². The minimum atomic E-state index is 0.342. The van der Waals surface area contributed by atoms with E-state index in [2.05, 4.69) is 27.4 Å². The molecule has 0 heterocycles. The van der Waals surface area contributed by atoms with Crippen molar-refractivity contribution in [2.75, 3.05) is 6.66 Å². The molecule has 2 heteroatoms. The van der Waals surface area contributed by atoms with Gasteiger partial charge in [-0.25, -0.2) is 0 Å². The summed E-state index contributed by atoms with van der Waals surface area (Å²) in [7, 11) is 0. The molecule has 0 aromatic rings. The average molecular weight is 287 g/mol. The van der Waals surface area contributed by atoms with Gasteiger partial charge in [-0.3, -0.25) is 0 Å². The zero-order valence-electron chi connectivity index (χ0n) is 5.36. The molecule has 0 nitrogen and oxygen atoms in total. The SMILES string of the molecule is C[P+](=[W])C(C)(C)C. The second kappa shape index (κ2) is 2.51. The van der Waals surface area contributed by atoms with Crippen LogP contribution in [0.4, 0.5) is 0 Å². The van der Waals surface area contributed by atoms with Gasteiger partial charge in [-0.1, -0.05) is 0 Å². The van der Waals surface area contributed by atoms with E-state index in [4.69, 9.17) is 0 Å². The number of hydrogen-bond acceptors (Lipinski definition) is 0. The van der Waals surface area contributed by atoms with Gasteiger partial charge in [-0.2, -0.15) is 0 Å². The third-order valence-corrected chi connectivity index (χ3v) is 8.74. The Kier molecular flexibility index (Phi) is 2.87. The molecule has 0 saturated heterocycles. The normalized spacial score (nSPS) is 14.0. The fraction of sp³-hybridized carbons (Fsp3) is 1.00. The monoisotopic (exact) mass is 287 g/mol. The first-order chi connectivity index (χ1) is 2.94. The van der Waals surface area contributed by atoms with Crippen molar-refractivity contribution in [2.45, 2.75) is 25.9 Å². The Bertz CT molecular complexity index is 80.6. The predicted octanol–water partition coefficient (Wildman–Crippen LogP) is 2.36. The molecular weight excluding hydrogens is 275 g/mol. The van der Waals surface area contributed by atoms with E-state index in [9.17, 15) is 0 Å². The fourth-order valence-electron chi connectivity index (χ4n) is 0. The van der Waals surface area contributed by atoms with Crippen LogP contribution in [0.1, 0.15) is 20.8 Å². The van der Waals surface area contributed by atoms with E-state index in [1.165, 1.54) is 0 Å². The van der Waals surface area contributed by atoms with E-state index >= 15 is 0 Å². The van der Waals surface area contributed by atoms with Crippen LogP contribution in [-0.4, -0.2) is 11.8 Å². The van der Waals surface area contributed by atoms with Crippen LogP contribution in [0.5, 0.6) is 0 Å². The van der Waals surface area contributed by atoms with Crippen molar-refractivity contribution in [1.82, 2.24) is 0 Å². The quantitative estimate of drug-likeness (QED) is 0.600. The van der Waals surface area contributed by atoms with Gasteiger partial charge < -0.3 is 0 Å². The molecule has 0 rings (SSSR count). The summed E-state index contributed by atoms with van der Waals surface area (Å²) in [4.78, 5) is 0. The van der Waals surface area contributed by atoms with Crippen LogP contribution < -0.4 is 0 Å². The third-order valence-electron chi connectivity index (χ3n) is 0.945. The Morgan fingerprint density at radius 3 is 1.43 bits per heavy atom. The molecule has 0 aliphatic rings. The standard InChI is InChI=1S/C5H12P.W/c1-5(2,3)6-4;/h1-4H3;/q-1;+2. The Hall–Kier alpha value is 0.988. The van der Waals surface area contributed by atoms with Crippen LogP contribution in [0.25, 0.3) is 0 Å². The van der Waals surface area contributed by atoms with Gasteiger partial charge >= 0.3 is 57.0 Å².